The van der Waals surface area contributed by atoms with E-state index in [-0.39, 0.29) is 19.8 Å². The van der Waals surface area contributed by atoms with Crippen LogP contribution in [-0.2, 0) is 16.0 Å². The molecule has 0 N–H and O–H groups in total. The Kier molecular flexibility index (Phi) is 8.02. The smallest absolute Gasteiger partial charge is 0.260 e. The SMILES string of the molecule is COCCN(CC(F)F)C(=O)COc1ccccc1Cc1ccccc1. The Morgan fingerprint density at radius 3 is 2.46 bits per heavy atom. The van der Waals surface area contributed by atoms with Crippen LogP contribution >= 0.6 is 0 Å². The predicted octanol–water partition coefficient (Wildman–Crippen LogP) is 3.40. The highest BCUT2D eigenvalue weighted by molar-refractivity contribution is 5.77. The van der Waals surface area contributed by atoms with Crippen molar-refractivity contribution in [2.24, 2.45) is 0 Å². The molecule has 0 aliphatic rings. The summed E-state index contributed by atoms with van der Waals surface area (Å²) in [5, 5.41) is 0. The molecule has 26 heavy (non-hydrogen) atoms. The molecule has 0 aliphatic heterocycles. The van der Waals surface area contributed by atoms with E-state index >= 15 is 0 Å². The van der Waals surface area contributed by atoms with Crippen molar-refractivity contribution in [2.75, 3.05) is 33.4 Å². The molecule has 0 radical (unpaired) electrons. The number of hydrogen-bond donors (Lipinski definition) is 0. The van der Waals surface area contributed by atoms with Crippen LogP contribution in [0.25, 0.3) is 0 Å². The molecule has 0 saturated heterocycles. The number of carbonyl (C=O) groups is 1. The van der Waals surface area contributed by atoms with Gasteiger partial charge in [0.1, 0.15) is 5.75 Å². The van der Waals surface area contributed by atoms with Crippen molar-refractivity contribution >= 4 is 5.91 Å². The van der Waals surface area contributed by atoms with Gasteiger partial charge in [-0.15, -0.1) is 0 Å². The second-order valence-electron chi connectivity index (χ2n) is 5.78. The molecule has 0 bridgehead atoms. The van der Waals surface area contributed by atoms with Crippen LogP contribution in [0.3, 0.4) is 0 Å². The summed E-state index contributed by atoms with van der Waals surface area (Å²) in [6.07, 6.45) is -1.93. The van der Waals surface area contributed by atoms with E-state index in [2.05, 4.69) is 0 Å². The van der Waals surface area contributed by atoms with E-state index in [0.717, 1.165) is 16.0 Å². The first-order valence-electron chi connectivity index (χ1n) is 8.39. The van der Waals surface area contributed by atoms with E-state index in [0.29, 0.717) is 12.2 Å². The van der Waals surface area contributed by atoms with Gasteiger partial charge in [-0.2, -0.15) is 0 Å². The highest BCUT2D eigenvalue weighted by atomic mass is 19.3. The van der Waals surface area contributed by atoms with Crippen molar-refractivity contribution in [2.45, 2.75) is 12.8 Å². The lowest BCUT2D eigenvalue weighted by molar-refractivity contribution is -0.136. The zero-order valence-corrected chi connectivity index (χ0v) is 14.7. The number of halogens is 2. The average Bonchev–Trinajstić information content (AvgIpc) is 2.64. The van der Waals surface area contributed by atoms with Gasteiger partial charge in [-0.3, -0.25) is 4.79 Å². The fourth-order valence-corrected chi connectivity index (χ4v) is 2.52. The van der Waals surface area contributed by atoms with E-state index in [4.69, 9.17) is 9.47 Å². The lowest BCUT2D eigenvalue weighted by Crippen LogP contribution is -2.40. The number of methoxy groups -OCH3 is 1. The molecule has 0 heterocycles. The minimum absolute atomic E-state index is 0.106. The number of carbonyl (C=O) groups excluding carboxylic acids is 1. The standard InChI is InChI=1S/C20H23F2NO3/c1-25-12-11-23(14-19(21)22)20(24)15-26-18-10-6-5-9-17(18)13-16-7-3-2-4-8-16/h2-10,19H,11-15H2,1H3. The van der Waals surface area contributed by atoms with E-state index in [1.807, 2.05) is 48.5 Å². The Balaban J connectivity index is 2.00. The molecule has 0 unspecified atom stereocenters. The Hall–Kier alpha value is -2.47. The fourth-order valence-electron chi connectivity index (χ4n) is 2.52. The molecule has 0 atom stereocenters. The Morgan fingerprint density at radius 1 is 1.08 bits per heavy atom. The predicted molar refractivity (Wildman–Crippen MR) is 95.6 cm³/mol. The fraction of sp³-hybridized carbons (Fsp3) is 0.350. The number of para-hydroxylation sites is 1. The minimum Gasteiger partial charge on any atom is -0.483 e. The van der Waals surface area contributed by atoms with Gasteiger partial charge >= 0.3 is 0 Å². The molecule has 0 fully saturated rings. The van der Waals surface area contributed by atoms with Crippen LogP contribution in [0.2, 0.25) is 0 Å². The maximum absolute atomic E-state index is 12.7. The molecule has 6 heteroatoms. The van der Waals surface area contributed by atoms with Crippen LogP contribution in [-0.4, -0.2) is 50.6 Å². The van der Waals surface area contributed by atoms with Crippen LogP contribution in [0.1, 0.15) is 11.1 Å². The van der Waals surface area contributed by atoms with Gasteiger partial charge in [-0.1, -0.05) is 48.5 Å². The third-order valence-corrected chi connectivity index (χ3v) is 3.84. The molecule has 0 spiro atoms. The number of amides is 1. The average molecular weight is 363 g/mol. The van der Waals surface area contributed by atoms with Gasteiger partial charge in [0.05, 0.1) is 13.2 Å². The number of rotatable bonds is 10. The third-order valence-electron chi connectivity index (χ3n) is 3.84. The summed E-state index contributed by atoms with van der Waals surface area (Å²) in [6, 6.07) is 17.3. The molecule has 4 nitrogen and oxygen atoms in total. The molecular formula is C20H23F2NO3. The third kappa shape index (κ3) is 6.44. The van der Waals surface area contributed by atoms with Gasteiger partial charge < -0.3 is 14.4 Å². The van der Waals surface area contributed by atoms with Gasteiger partial charge in [0, 0.05) is 20.1 Å². The van der Waals surface area contributed by atoms with Crippen LogP contribution < -0.4 is 4.74 Å². The Bertz CT molecular complexity index is 680. The number of alkyl halides is 2. The summed E-state index contributed by atoms with van der Waals surface area (Å²) >= 11 is 0. The molecule has 2 aromatic carbocycles. The van der Waals surface area contributed by atoms with Gasteiger partial charge in [-0.25, -0.2) is 8.78 Å². The quantitative estimate of drug-likeness (QED) is 0.649. The minimum atomic E-state index is -2.60. The van der Waals surface area contributed by atoms with Crippen molar-refractivity contribution in [1.82, 2.24) is 4.90 Å². The molecule has 0 aromatic heterocycles. The molecule has 0 aliphatic carbocycles. The number of benzene rings is 2. The van der Waals surface area contributed by atoms with E-state index in [1.54, 1.807) is 6.07 Å². The molecular weight excluding hydrogens is 340 g/mol. The lowest BCUT2D eigenvalue weighted by atomic mass is 10.0. The van der Waals surface area contributed by atoms with E-state index in [1.165, 1.54) is 7.11 Å². The molecule has 2 aromatic rings. The normalized spacial score (nSPS) is 10.8. The molecule has 2 rings (SSSR count). The first-order valence-corrected chi connectivity index (χ1v) is 8.39. The second-order valence-corrected chi connectivity index (χ2v) is 5.78. The number of ether oxygens (including phenoxy) is 2. The van der Waals surface area contributed by atoms with E-state index < -0.39 is 18.9 Å². The maximum atomic E-state index is 12.7. The summed E-state index contributed by atoms with van der Waals surface area (Å²) in [6.45, 7) is -0.614. The highest BCUT2D eigenvalue weighted by Crippen LogP contribution is 2.21. The second kappa shape index (κ2) is 10.5. The van der Waals surface area contributed by atoms with Crippen LogP contribution in [0.5, 0.6) is 5.75 Å². The van der Waals surface area contributed by atoms with Crippen molar-refractivity contribution < 1.29 is 23.0 Å². The van der Waals surface area contributed by atoms with Crippen LogP contribution in [0.15, 0.2) is 54.6 Å². The highest BCUT2D eigenvalue weighted by Gasteiger charge is 2.19. The van der Waals surface area contributed by atoms with Crippen LogP contribution in [0, 0.1) is 0 Å². The van der Waals surface area contributed by atoms with Gasteiger partial charge in [0.25, 0.3) is 12.3 Å². The topological polar surface area (TPSA) is 38.8 Å². The summed E-state index contributed by atoms with van der Waals surface area (Å²) in [5.41, 5.74) is 2.05. The van der Waals surface area contributed by atoms with Crippen molar-refractivity contribution in [3.8, 4) is 5.75 Å². The van der Waals surface area contributed by atoms with Gasteiger partial charge in [-0.05, 0) is 17.2 Å². The zero-order chi connectivity index (χ0) is 18.8. The van der Waals surface area contributed by atoms with E-state index in [9.17, 15) is 13.6 Å². The van der Waals surface area contributed by atoms with Crippen molar-refractivity contribution in [3.05, 3.63) is 65.7 Å². The van der Waals surface area contributed by atoms with Gasteiger partial charge in [0.2, 0.25) is 0 Å². The number of nitrogens with zero attached hydrogens (tertiary/aromatic N) is 1. The lowest BCUT2D eigenvalue weighted by Gasteiger charge is -2.22. The van der Waals surface area contributed by atoms with Gasteiger partial charge in [0.15, 0.2) is 6.61 Å². The summed E-state index contributed by atoms with van der Waals surface area (Å²) in [4.78, 5) is 13.3. The van der Waals surface area contributed by atoms with Crippen molar-refractivity contribution in [3.63, 3.8) is 0 Å². The molecule has 140 valence electrons. The largest absolute Gasteiger partial charge is 0.483 e. The monoisotopic (exact) mass is 363 g/mol. The molecule has 0 saturated carbocycles. The summed E-state index contributed by atoms with van der Waals surface area (Å²) in [5.74, 6) is 0.0882. The van der Waals surface area contributed by atoms with Crippen LogP contribution in [0.4, 0.5) is 8.78 Å². The Morgan fingerprint density at radius 2 is 1.77 bits per heavy atom. The Labute approximate surface area is 152 Å². The number of hydrogen-bond acceptors (Lipinski definition) is 3. The zero-order valence-electron chi connectivity index (χ0n) is 14.7. The van der Waals surface area contributed by atoms with Crippen molar-refractivity contribution in [1.29, 1.82) is 0 Å². The first kappa shape index (κ1) is 19.8. The first-order chi connectivity index (χ1) is 12.6. The summed E-state index contributed by atoms with van der Waals surface area (Å²) < 4.78 is 35.8. The summed E-state index contributed by atoms with van der Waals surface area (Å²) in [7, 11) is 1.46. The molecule has 1 amide bonds. The maximum Gasteiger partial charge on any atom is 0.260 e.